The quantitative estimate of drug-likeness (QED) is 0.792. The zero-order valence-corrected chi connectivity index (χ0v) is 16.6. The Morgan fingerprint density at radius 1 is 1.07 bits per heavy atom. The summed E-state index contributed by atoms with van der Waals surface area (Å²) in [5.74, 6) is -0.227. The van der Waals surface area contributed by atoms with Gasteiger partial charge in [0.15, 0.2) is 0 Å². The van der Waals surface area contributed by atoms with Crippen LogP contribution in [0.15, 0.2) is 48.5 Å². The van der Waals surface area contributed by atoms with Crippen LogP contribution in [0, 0.1) is 5.92 Å². The third-order valence-corrected chi connectivity index (χ3v) is 5.41. The first-order valence-corrected chi connectivity index (χ1v) is 9.96. The molecule has 4 rings (SSSR count). The van der Waals surface area contributed by atoms with Gasteiger partial charge in [-0.2, -0.15) is 0 Å². The molecule has 0 saturated heterocycles. The van der Waals surface area contributed by atoms with Gasteiger partial charge in [-0.15, -0.1) is 0 Å². The summed E-state index contributed by atoms with van der Waals surface area (Å²) in [4.78, 5) is 40.3. The van der Waals surface area contributed by atoms with E-state index in [4.69, 9.17) is 4.74 Å². The van der Waals surface area contributed by atoms with Crippen LogP contribution in [0.3, 0.4) is 0 Å². The second-order valence-electron chi connectivity index (χ2n) is 7.91. The number of hydrogen-bond donors (Lipinski definition) is 1. The Morgan fingerprint density at radius 2 is 1.69 bits per heavy atom. The molecule has 3 amide bonds. The van der Waals surface area contributed by atoms with E-state index in [2.05, 4.69) is 5.32 Å². The second-order valence-corrected chi connectivity index (χ2v) is 7.91. The van der Waals surface area contributed by atoms with Gasteiger partial charge in [0, 0.05) is 12.0 Å². The Morgan fingerprint density at radius 3 is 2.34 bits per heavy atom. The van der Waals surface area contributed by atoms with Gasteiger partial charge in [0.2, 0.25) is 5.91 Å². The molecule has 0 aromatic heterocycles. The SMILES string of the molecule is CC(C)CC(C(=O)NC1CCOc2ccccc21)N1C(=O)c2ccccc2C1=O. The lowest BCUT2D eigenvalue weighted by atomic mass is 9.98. The molecule has 150 valence electrons. The molecule has 0 spiro atoms. The fourth-order valence-electron chi connectivity index (χ4n) is 4.03. The lowest BCUT2D eigenvalue weighted by Crippen LogP contribution is -2.51. The largest absolute Gasteiger partial charge is 0.493 e. The lowest BCUT2D eigenvalue weighted by Gasteiger charge is -2.31. The van der Waals surface area contributed by atoms with E-state index in [9.17, 15) is 14.4 Å². The van der Waals surface area contributed by atoms with E-state index >= 15 is 0 Å². The summed E-state index contributed by atoms with van der Waals surface area (Å²) < 4.78 is 5.67. The molecule has 0 radical (unpaired) electrons. The highest BCUT2D eigenvalue weighted by molar-refractivity contribution is 6.22. The number of rotatable bonds is 5. The highest BCUT2D eigenvalue weighted by atomic mass is 16.5. The Hall–Kier alpha value is -3.15. The monoisotopic (exact) mass is 392 g/mol. The van der Waals surface area contributed by atoms with Crippen LogP contribution in [0.1, 0.15) is 59.0 Å². The van der Waals surface area contributed by atoms with Crippen molar-refractivity contribution >= 4 is 17.7 Å². The van der Waals surface area contributed by atoms with Crippen molar-refractivity contribution in [3.63, 3.8) is 0 Å². The first-order chi connectivity index (χ1) is 14.0. The Kier molecular flexibility index (Phi) is 5.09. The number of imide groups is 1. The molecular formula is C23H24N2O4. The smallest absolute Gasteiger partial charge is 0.262 e. The van der Waals surface area contributed by atoms with Gasteiger partial charge in [0.05, 0.1) is 23.8 Å². The summed E-state index contributed by atoms with van der Waals surface area (Å²) >= 11 is 0. The number of carbonyl (C=O) groups is 3. The van der Waals surface area contributed by atoms with E-state index in [0.717, 1.165) is 16.2 Å². The van der Waals surface area contributed by atoms with Crippen LogP contribution in [-0.2, 0) is 4.79 Å². The van der Waals surface area contributed by atoms with Crippen molar-refractivity contribution < 1.29 is 19.1 Å². The summed E-state index contributed by atoms with van der Waals surface area (Å²) in [6.07, 6.45) is 1.04. The van der Waals surface area contributed by atoms with Crippen LogP contribution in [0.2, 0.25) is 0 Å². The van der Waals surface area contributed by atoms with Crippen molar-refractivity contribution in [1.82, 2.24) is 10.2 Å². The Bertz CT molecular complexity index is 934. The first-order valence-electron chi connectivity index (χ1n) is 9.96. The molecule has 2 heterocycles. The number of hydrogen-bond acceptors (Lipinski definition) is 4. The van der Waals surface area contributed by atoms with Crippen LogP contribution in [-0.4, -0.2) is 35.3 Å². The molecular weight excluding hydrogens is 368 g/mol. The predicted octanol–water partition coefficient (Wildman–Crippen LogP) is 3.34. The van der Waals surface area contributed by atoms with E-state index in [1.165, 1.54) is 0 Å². The molecule has 2 aliphatic rings. The van der Waals surface area contributed by atoms with Gasteiger partial charge in [-0.25, -0.2) is 0 Å². The van der Waals surface area contributed by atoms with Crippen LogP contribution < -0.4 is 10.1 Å². The summed E-state index contributed by atoms with van der Waals surface area (Å²) in [5.41, 5.74) is 1.63. The van der Waals surface area contributed by atoms with Crippen molar-refractivity contribution in [3.05, 3.63) is 65.2 Å². The minimum atomic E-state index is -0.850. The molecule has 2 aromatic rings. The minimum Gasteiger partial charge on any atom is -0.493 e. The highest BCUT2D eigenvalue weighted by Gasteiger charge is 2.43. The molecule has 2 atom stereocenters. The van der Waals surface area contributed by atoms with E-state index in [1.54, 1.807) is 24.3 Å². The molecule has 0 saturated carbocycles. The zero-order valence-electron chi connectivity index (χ0n) is 16.6. The van der Waals surface area contributed by atoms with Crippen LogP contribution in [0.25, 0.3) is 0 Å². The molecule has 6 nitrogen and oxygen atoms in total. The van der Waals surface area contributed by atoms with Gasteiger partial charge in [-0.3, -0.25) is 19.3 Å². The van der Waals surface area contributed by atoms with Gasteiger partial charge >= 0.3 is 0 Å². The van der Waals surface area contributed by atoms with Gasteiger partial charge < -0.3 is 10.1 Å². The van der Waals surface area contributed by atoms with Gasteiger partial charge in [-0.1, -0.05) is 44.2 Å². The molecule has 2 aliphatic heterocycles. The van der Waals surface area contributed by atoms with Crippen molar-refractivity contribution in [2.75, 3.05) is 6.61 Å². The summed E-state index contributed by atoms with van der Waals surface area (Å²) in [7, 11) is 0. The number of nitrogens with zero attached hydrogens (tertiary/aromatic N) is 1. The fraction of sp³-hybridized carbons (Fsp3) is 0.348. The van der Waals surface area contributed by atoms with Crippen molar-refractivity contribution in [2.24, 2.45) is 5.92 Å². The normalized spacial score (nSPS) is 18.9. The summed E-state index contributed by atoms with van der Waals surface area (Å²) in [6, 6.07) is 13.3. The number of fused-ring (bicyclic) bond motifs is 2. The molecule has 0 bridgehead atoms. The van der Waals surface area contributed by atoms with E-state index in [0.29, 0.717) is 30.6 Å². The maximum absolute atomic E-state index is 13.3. The van der Waals surface area contributed by atoms with Crippen LogP contribution in [0.4, 0.5) is 0 Å². The average molecular weight is 392 g/mol. The first kappa shape index (κ1) is 19.2. The number of benzene rings is 2. The van der Waals surface area contributed by atoms with Crippen LogP contribution in [0.5, 0.6) is 5.75 Å². The maximum atomic E-state index is 13.3. The highest BCUT2D eigenvalue weighted by Crippen LogP contribution is 2.32. The standard InChI is InChI=1S/C23H24N2O4/c1-14(2)13-19(25-22(27)15-7-3-4-8-16(15)23(25)28)21(26)24-18-11-12-29-20-10-6-5-9-17(18)20/h3-10,14,18-19H,11-13H2,1-2H3,(H,24,26). The molecule has 6 heteroatoms. The fourth-order valence-corrected chi connectivity index (χ4v) is 4.03. The average Bonchev–Trinajstić information content (AvgIpc) is 2.97. The number of ether oxygens (including phenoxy) is 1. The third-order valence-electron chi connectivity index (χ3n) is 5.41. The summed E-state index contributed by atoms with van der Waals surface area (Å²) in [6.45, 7) is 4.45. The van der Waals surface area contributed by atoms with Gasteiger partial charge in [-0.05, 0) is 30.5 Å². The maximum Gasteiger partial charge on any atom is 0.262 e. The van der Waals surface area contributed by atoms with Crippen molar-refractivity contribution in [2.45, 2.75) is 38.8 Å². The number of amides is 3. The minimum absolute atomic E-state index is 0.136. The number of carbonyl (C=O) groups excluding carboxylic acids is 3. The third kappa shape index (κ3) is 3.50. The molecule has 2 aromatic carbocycles. The topological polar surface area (TPSA) is 75.7 Å². The van der Waals surface area contributed by atoms with Crippen molar-refractivity contribution in [1.29, 1.82) is 0 Å². The summed E-state index contributed by atoms with van der Waals surface area (Å²) in [5, 5.41) is 3.06. The second kappa shape index (κ2) is 7.70. The number of nitrogens with one attached hydrogen (secondary N) is 1. The molecule has 29 heavy (non-hydrogen) atoms. The molecule has 0 fully saturated rings. The van der Waals surface area contributed by atoms with E-state index in [1.807, 2.05) is 38.1 Å². The van der Waals surface area contributed by atoms with Gasteiger partial charge in [0.1, 0.15) is 11.8 Å². The molecule has 0 aliphatic carbocycles. The lowest BCUT2D eigenvalue weighted by molar-refractivity contribution is -0.126. The number of para-hydroxylation sites is 1. The Balaban J connectivity index is 1.61. The van der Waals surface area contributed by atoms with E-state index in [-0.39, 0.29) is 17.9 Å². The van der Waals surface area contributed by atoms with Crippen molar-refractivity contribution in [3.8, 4) is 5.75 Å². The van der Waals surface area contributed by atoms with Gasteiger partial charge in [0.25, 0.3) is 11.8 Å². The predicted molar refractivity (Wildman–Crippen MR) is 108 cm³/mol. The Labute approximate surface area is 169 Å². The molecule has 1 N–H and O–H groups in total. The van der Waals surface area contributed by atoms with Crippen LogP contribution >= 0.6 is 0 Å². The zero-order chi connectivity index (χ0) is 20.5. The van der Waals surface area contributed by atoms with E-state index < -0.39 is 17.9 Å². The molecule has 2 unspecified atom stereocenters.